The lowest BCUT2D eigenvalue weighted by Gasteiger charge is -2.52. The van der Waals surface area contributed by atoms with Gasteiger partial charge in [-0.15, -0.1) is 0 Å². The van der Waals surface area contributed by atoms with Crippen molar-refractivity contribution in [3.63, 3.8) is 0 Å². The highest BCUT2D eigenvalue weighted by atomic mass is 16.3. The Morgan fingerprint density at radius 3 is 1.13 bits per heavy atom. The highest BCUT2D eigenvalue weighted by Gasteiger charge is 2.63. The van der Waals surface area contributed by atoms with E-state index in [0.29, 0.717) is 33.4 Å². The number of primary amides is 1. The monoisotopic (exact) mass is 828 g/mol. The second-order valence-electron chi connectivity index (χ2n) is 17.6. The zero-order valence-corrected chi connectivity index (χ0v) is 36.1. The van der Waals surface area contributed by atoms with Crippen LogP contribution in [0.25, 0.3) is 21.5 Å². The number of amides is 2. The van der Waals surface area contributed by atoms with Crippen LogP contribution in [0.4, 0.5) is 0 Å². The van der Waals surface area contributed by atoms with E-state index in [0.717, 1.165) is 43.8 Å². The first-order valence-corrected chi connectivity index (χ1v) is 21.7. The van der Waals surface area contributed by atoms with Gasteiger partial charge in [0, 0.05) is 0 Å². The molecule has 2 amide bonds. The van der Waals surface area contributed by atoms with E-state index in [9.17, 15) is 15.0 Å². The van der Waals surface area contributed by atoms with Crippen molar-refractivity contribution in [3.05, 3.63) is 238 Å². The minimum atomic E-state index is -2.01. The molecule has 0 spiro atoms. The average Bonchev–Trinajstić information content (AvgIpc) is 4.11. The van der Waals surface area contributed by atoms with Gasteiger partial charge in [0.15, 0.2) is 0 Å². The van der Waals surface area contributed by atoms with Gasteiger partial charge in [-0.1, -0.05) is 204 Å². The van der Waals surface area contributed by atoms with E-state index in [1.807, 2.05) is 210 Å². The van der Waals surface area contributed by atoms with Gasteiger partial charge in [0.2, 0.25) is 11.8 Å². The van der Waals surface area contributed by atoms with Crippen molar-refractivity contribution in [2.24, 2.45) is 11.1 Å². The standard InChI is InChI=1S/C57H52N2O4/c1-37-15-9-23-43(33-37)56(62,44-24-10-16-38(2)34-44)51(49-29-13-21-41-19-5-7-27-47(41)49)59(54(61)55(31-32-55)53(58)60)52(50-30-14-22-42-20-6-8-28-48(42)50)57(63,45-25-11-17-39(3)35-45)46-26-12-18-40(4)36-46/h5-30,33-36,51-52,62-63H,31-32H2,1-4H3,(H2,58,60)/t51-,52-/m0/s1. The predicted octanol–water partition coefficient (Wildman–Crippen LogP) is 11.0. The second-order valence-corrected chi connectivity index (χ2v) is 17.6. The Kier molecular flexibility index (Phi) is 10.6. The van der Waals surface area contributed by atoms with E-state index in [-0.39, 0.29) is 12.8 Å². The minimum Gasteiger partial charge on any atom is -0.378 e. The summed E-state index contributed by atoms with van der Waals surface area (Å²) >= 11 is 0. The molecule has 0 unspecified atom stereocenters. The first-order valence-electron chi connectivity index (χ1n) is 21.7. The van der Waals surface area contributed by atoms with Crippen molar-refractivity contribution >= 4 is 33.4 Å². The Labute approximate surface area is 369 Å². The van der Waals surface area contributed by atoms with E-state index in [2.05, 4.69) is 0 Å². The Hall–Kier alpha value is -6.86. The molecule has 314 valence electrons. The predicted molar refractivity (Wildman–Crippen MR) is 252 cm³/mol. The van der Waals surface area contributed by atoms with Gasteiger partial charge in [0.05, 0.1) is 12.1 Å². The zero-order chi connectivity index (χ0) is 44.1. The van der Waals surface area contributed by atoms with Gasteiger partial charge in [-0.3, -0.25) is 9.59 Å². The lowest BCUT2D eigenvalue weighted by atomic mass is 9.70. The third-order valence-electron chi connectivity index (χ3n) is 13.3. The fourth-order valence-corrected chi connectivity index (χ4v) is 9.94. The molecular weight excluding hydrogens is 777 g/mol. The molecule has 1 aliphatic rings. The van der Waals surface area contributed by atoms with E-state index in [1.54, 1.807) is 4.90 Å². The number of carbonyl (C=O) groups is 2. The quantitative estimate of drug-likeness (QED) is 0.107. The molecule has 0 radical (unpaired) electrons. The Bertz CT molecular complexity index is 2750. The lowest BCUT2D eigenvalue weighted by Crippen LogP contribution is -2.57. The molecule has 0 bridgehead atoms. The summed E-state index contributed by atoms with van der Waals surface area (Å²) in [7, 11) is 0. The van der Waals surface area contributed by atoms with E-state index >= 15 is 4.79 Å². The smallest absolute Gasteiger partial charge is 0.239 e. The van der Waals surface area contributed by atoms with Gasteiger partial charge in [0.25, 0.3) is 0 Å². The number of nitrogens with zero attached hydrogens (tertiary/aromatic N) is 1. The molecule has 1 fully saturated rings. The first kappa shape index (κ1) is 41.5. The van der Waals surface area contributed by atoms with Crippen molar-refractivity contribution < 1.29 is 19.8 Å². The highest BCUT2D eigenvalue weighted by molar-refractivity contribution is 6.08. The fraction of sp³-hybridized carbons (Fsp3) is 0.193. The van der Waals surface area contributed by atoms with Crippen LogP contribution in [0.3, 0.4) is 0 Å². The van der Waals surface area contributed by atoms with Gasteiger partial charge in [0.1, 0.15) is 16.6 Å². The number of rotatable bonds is 12. The SMILES string of the molecule is Cc1cccc(C(O)(c2cccc(C)c2)[C@H](c2cccc3ccccc23)N(C(=O)C2(C(N)=O)CC2)[C@@H](c2cccc3ccccc23)C(O)(c2cccc(C)c2)c2cccc(C)c2)c1. The number of hydrogen-bond acceptors (Lipinski definition) is 4. The Morgan fingerprint density at radius 2 is 0.810 bits per heavy atom. The molecule has 1 saturated carbocycles. The number of aliphatic hydroxyl groups is 2. The highest BCUT2D eigenvalue weighted by Crippen LogP contribution is 2.59. The summed E-state index contributed by atoms with van der Waals surface area (Å²) in [5, 5.41) is 32.7. The minimum absolute atomic E-state index is 0.225. The van der Waals surface area contributed by atoms with Gasteiger partial charge in [-0.05, 0) is 95.5 Å². The lowest BCUT2D eigenvalue weighted by molar-refractivity contribution is -0.162. The van der Waals surface area contributed by atoms with Crippen molar-refractivity contribution in [2.75, 3.05) is 0 Å². The van der Waals surface area contributed by atoms with Crippen LogP contribution in [0.15, 0.2) is 182 Å². The number of carbonyl (C=O) groups excluding carboxylic acids is 2. The van der Waals surface area contributed by atoms with Gasteiger partial charge >= 0.3 is 0 Å². The fourth-order valence-electron chi connectivity index (χ4n) is 9.94. The van der Waals surface area contributed by atoms with Crippen LogP contribution in [0, 0.1) is 33.1 Å². The summed E-state index contributed by atoms with van der Waals surface area (Å²) in [4.78, 5) is 32.3. The van der Waals surface area contributed by atoms with E-state index in [4.69, 9.17) is 5.73 Å². The number of nitrogens with two attached hydrogens (primary N) is 1. The average molecular weight is 829 g/mol. The van der Waals surface area contributed by atoms with Crippen LogP contribution in [0.5, 0.6) is 0 Å². The summed E-state index contributed by atoms with van der Waals surface area (Å²) in [6.45, 7) is 7.93. The van der Waals surface area contributed by atoms with Crippen molar-refractivity contribution in [3.8, 4) is 0 Å². The normalized spacial score (nSPS) is 14.6. The van der Waals surface area contributed by atoms with Gasteiger partial charge in [-0.2, -0.15) is 0 Å². The maximum Gasteiger partial charge on any atom is 0.239 e. The molecule has 8 aromatic rings. The van der Waals surface area contributed by atoms with Crippen LogP contribution in [0.1, 0.15) is 80.6 Å². The van der Waals surface area contributed by atoms with Crippen molar-refractivity contribution in [2.45, 2.75) is 63.8 Å². The number of aryl methyl sites for hydroxylation is 4. The maximum atomic E-state index is 16.7. The first-order chi connectivity index (χ1) is 30.4. The van der Waals surface area contributed by atoms with Crippen LogP contribution >= 0.6 is 0 Å². The molecule has 2 atom stereocenters. The summed E-state index contributed by atoms with van der Waals surface area (Å²) in [6, 6.07) is 56.2. The van der Waals surface area contributed by atoms with Crippen LogP contribution in [0.2, 0.25) is 0 Å². The summed E-state index contributed by atoms with van der Waals surface area (Å²) < 4.78 is 0. The zero-order valence-electron chi connectivity index (χ0n) is 36.1. The molecule has 63 heavy (non-hydrogen) atoms. The maximum absolute atomic E-state index is 16.7. The third-order valence-corrected chi connectivity index (χ3v) is 13.3. The molecule has 6 nitrogen and oxygen atoms in total. The van der Waals surface area contributed by atoms with Crippen LogP contribution < -0.4 is 5.73 Å². The van der Waals surface area contributed by atoms with Crippen LogP contribution in [-0.2, 0) is 20.8 Å². The molecular formula is C57H52N2O4. The van der Waals surface area contributed by atoms with E-state index < -0.39 is 40.5 Å². The summed E-state index contributed by atoms with van der Waals surface area (Å²) in [5.74, 6) is -1.31. The van der Waals surface area contributed by atoms with Crippen molar-refractivity contribution in [1.82, 2.24) is 4.90 Å². The van der Waals surface area contributed by atoms with Gasteiger partial charge in [-0.25, -0.2) is 0 Å². The Balaban J connectivity index is 1.53. The molecule has 0 aromatic heterocycles. The van der Waals surface area contributed by atoms with E-state index in [1.165, 1.54) is 0 Å². The summed E-state index contributed by atoms with van der Waals surface area (Å²) in [6.07, 6.45) is 0.450. The molecule has 4 N–H and O–H groups in total. The molecule has 8 aromatic carbocycles. The molecule has 1 aliphatic carbocycles. The second kappa shape index (κ2) is 16.1. The third kappa shape index (κ3) is 7.10. The molecule has 0 aliphatic heterocycles. The molecule has 6 heteroatoms. The number of hydrogen-bond donors (Lipinski definition) is 3. The number of fused-ring (bicyclic) bond motifs is 2. The Morgan fingerprint density at radius 1 is 0.492 bits per heavy atom. The van der Waals surface area contributed by atoms with Gasteiger partial charge < -0.3 is 20.8 Å². The molecule has 0 heterocycles. The van der Waals surface area contributed by atoms with Crippen molar-refractivity contribution in [1.29, 1.82) is 0 Å². The largest absolute Gasteiger partial charge is 0.378 e. The van der Waals surface area contributed by atoms with Crippen LogP contribution in [-0.4, -0.2) is 26.9 Å². The molecule has 9 rings (SSSR count). The molecule has 0 saturated heterocycles. The number of benzene rings is 8. The topological polar surface area (TPSA) is 104 Å². The summed E-state index contributed by atoms with van der Waals surface area (Å²) in [5.41, 5.74) is 7.80.